The number of nitrogens with two attached hydrogens (primary N) is 2. The van der Waals surface area contributed by atoms with Crippen molar-refractivity contribution in [3.63, 3.8) is 0 Å². The summed E-state index contributed by atoms with van der Waals surface area (Å²) in [5.74, 6) is 0.113. The maximum Gasteiger partial charge on any atom is 0.208 e. The van der Waals surface area contributed by atoms with Gasteiger partial charge in [0.1, 0.15) is 0 Å². The Bertz CT molecular complexity index is 126. The molecule has 0 radical (unpaired) electrons. The highest BCUT2D eigenvalue weighted by Crippen LogP contribution is 1.95. The Morgan fingerprint density at radius 3 is 2.40 bits per heavy atom. The van der Waals surface area contributed by atoms with Crippen LogP contribution in [0, 0.1) is 0 Å². The predicted molar refractivity (Wildman–Crippen MR) is 38.2 cm³/mol. The number of nitrogens with zero attached hydrogens (tertiary/aromatic N) is 2. The van der Waals surface area contributed by atoms with Gasteiger partial charge in [-0.15, -0.1) is 5.10 Å². The summed E-state index contributed by atoms with van der Waals surface area (Å²) >= 11 is 0. The Kier molecular flexibility index (Phi) is 2.33. The molecule has 1 fully saturated rings. The van der Waals surface area contributed by atoms with E-state index in [-0.39, 0.29) is 5.96 Å². The first-order valence-electron chi connectivity index (χ1n) is 3.21. The molecule has 0 saturated carbocycles. The Hall–Kier alpha value is -0.970. The van der Waals surface area contributed by atoms with Crippen LogP contribution in [0.1, 0.15) is 0 Å². The van der Waals surface area contributed by atoms with E-state index < -0.39 is 0 Å². The molecular formula is C5H12N4O. The second-order valence-electron chi connectivity index (χ2n) is 2.09. The van der Waals surface area contributed by atoms with Crippen LogP contribution in [-0.2, 0) is 4.74 Å². The number of morpholine rings is 1. The fraction of sp³-hybridized carbons (Fsp3) is 0.800. The number of guanidine groups is 1. The van der Waals surface area contributed by atoms with Crippen LogP contribution in [0.4, 0.5) is 0 Å². The molecule has 0 bridgehead atoms. The van der Waals surface area contributed by atoms with E-state index in [0.717, 1.165) is 13.1 Å². The van der Waals surface area contributed by atoms with Gasteiger partial charge in [0, 0.05) is 0 Å². The molecule has 5 nitrogen and oxygen atoms in total. The molecule has 0 atom stereocenters. The molecule has 10 heavy (non-hydrogen) atoms. The lowest BCUT2D eigenvalue weighted by molar-refractivity contribution is 0.0392. The van der Waals surface area contributed by atoms with Gasteiger partial charge in [-0.3, -0.25) is 5.01 Å². The zero-order valence-corrected chi connectivity index (χ0v) is 5.79. The van der Waals surface area contributed by atoms with Crippen molar-refractivity contribution in [2.45, 2.75) is 0 Å². The maximum absolute atomic E-state index is 5.17. The summed E-state index contributed by atoms with van der Waals surface area (Å²) in [4.78, 5) is 0. The Labute approximate surface area is 59.6 Å². The minimum atomic E-state index is 0.113. The van der Waals surface area contributed by atoms with Crippen molar-refractivity contribution in [1.29, 1.82) is 0 Å². The Morgan fingerprint density at radius 1 is 1.30 bits per heavy atom. The molecule has 0 amide bonds. The molecule has 4 N–H and O–H groups in total. The third-order valence-corrected chi connectivity index (χ3v) is 1.24. The van der Waals surface area contributed by atoms with Gasteiger partial charge in [-0.1, -0.05) is 0 Å². The normalized spacial score (nSPS) is 18.6. The third kappa shape index (κ3) is 2.10. The van der Waals surface area contributed by atoms with E-state index in [9.17, 15) is 0 Å². The lowest BCUT2D eigenvalue weighted by atomic mass is 10.5. The molecule has 0 unspecified atom stereocenters. The largest absolute Gasteiger partial charge is 0.378 e. The SMILES string of the molecule is NC(N)=NN1CCOCC1. The minimum Gasteiger partial charge on any atom is -0.378 e. The van der Waals surface area contributed by atoms with Crippen LogP contribution in [0.15, 0.2) is 5.10 Å². The molecule has 0 aromatic rings. The van der Waals surface area contributed by atoms with Crippen molar-refractivity contribution in [3.05, 3.63) is 0 Å². The second-order valence-corrected chi connectivity index (χ2v) is 2.09. The van der Waals surface area contributed by atoms with Crippen LogP contribution in [0.3, 0.4) is 0 Å². The Balaban J connectivity index is 2.33. The monoisotopic (exact) mass is 144 g/mol. The van der Waals surface area contributed by atoms with Gasteiger partial charge in [-0.2, -0.15) is 0 Å². The van der Waals surface area contributed by atoms with Gasteiger partial charge in [-0.25, -0.2) is 0 Å². The highest BCUT2D eigenvalue weighted by atomic mass is 16.5. The lowest BCUT2D eigenvalue weighted by Gasteiger charge is -2.23. The molecule has 1 aliphatic rings. The van der Waals surface area contributed by atoms with E-state index in [1.807, 2.05) is 0 Å². The number of ether oxygens (including phenoxy) is 1. The van der Waals surface area contributed by atoms with Crippen molar-refractivity contribution in [2.75, 3.05) is 26.3 Å². The molecule has 0 aliphatic carbocycles. The molecule has 1 heterocycles. The molecule has 1 rings (SSSR count). The van der Waals surface area contributed by atoms with Crippen LogP contribution in [0.25, 0.3) is 0 Å². The summed E-state index contributed by atoms with van der Waals surface area (Å²) in [6, 6.07) is 0. The van der Waals surface area contributed by atoms with E-state index in [0.29, 0.717) is 13.2 Å². The fourth-order valence-corrected chi connectivity index (χ4v) is 0.817. The topological polar surface area (TPSA) is 76.9 Å². The highest BCUT2D eigenvalue weighted by molar-refractivity contribution is 5.75. The molecule has 0 aromatic carbocycles. The van der Waals surface area contributed by atoms with Gasteiger partial charge in [0.2, 0.25) is 5.96 Å². The van der Waals surface area contributed by atoms with Crippen molar-refractivity contribution < 1.29 is 4.74 Å². The summed E-state index contributed by atoms with van der Waals surface area (Å²) in [7, 11) is 0. The number of hydrazone groups is 1. The van der Waals surface area contributed by atoms with Gasteiger partial charge in [0.25, 0.3) is 0 Å². The zero-order chi connectivity index (χ0) is 7.40. The first kappa shape index (κ1) is 7.14. The molecular weight excluding hydrogens is 132 g/mol. The standard InChI is InChI=1S/C5H12N4O/c6-5(7)8-9-1-3-10-4-2-9/h1-4H2,(H4,6,7,8). The van der Waals surface area contributed by atoms with Crippen molar-refractivity contribution in [1.82, 2.24) is 5.01 Å². The zero-order valence-electron chi connectivity index (χ0n) is 5.79. The average Bonchev–Trinajstić information content (AvgIpc) is 1.88. The summed E-state index contributed by atoms with van der Waals surface area (Å²) in [6.45, 7) is 2.96. The molecule has 1 aliphatic heterocycles. The Morgan fingerprint density at radius 2 is 1.90 bits per heavy atom. The van der Waals surface area contributed by atoms with E-state index in [2.05, 4.69) is 5.10 Å². The predicted octanol–water partition coefficient (Wildman–Crippen LogP) is -1.49. The molecule has 1 saturated heterocycles. The minimum absolute atomic E-state index is 0.113. The smallest absolute Gasteiger partial charge is 0.208 e. The van der Waals surface area contributed by atoms with Crippen molar-refractivity contribution >= 4 is 5.96 Å². The first-order chi connectivity index (χ1) is 4.79. The van der Waals surface area contributed by atoms with Crippen LogP contribution in [0.5, 0.6) is 0 Å². The van der Waals surface area contributed by atoms with E-state index in [1.54, 1.807) is 5.01 Å². The number of rotatable bonds is 1. The van der Waals surface area contributed by atoms with Crippen LogP contribution < -0.4 is 11.5 Å². The third-order valence-electron chi connectivity index (χ3n) is 1.24. The van der Waals surface area contributed by atoms with Gasteiger partial charge >= 0.3 is 0 Å². The summed E-state index contributed by atoms with van der Waals surface area (Å²) in [5.41, 5.74) is 10.3. The second kappa shape index (κ2) is 3.26. The molecule has 0 aromatic heterocycles. The van der Waals surface area contributed by atoms with Crippen molar-refractivity contribution in [3.8, 4) is 0 Å². The maximum atomic E-state index is 5.17. The average molecular weight is 144 g/mol. The number of hydrogen-bond acceptors (Lipinski definition) is 3. The molecule has 0 spiro atoms. The molecule has 58 valence electrons. The first-order valence-corrected chi connectivity index (χ1v) is 3.21. The van der Waals surface area contributed by atoms with E-state index in [4.69, 9.17) is 16.2 Å². The number of hydrogen-bond donors (Lipinski definition) is 2. The summed E-state index contributed by atoms with van der Waals surface area (Å²) in [5, 5.41) is 5.67. The van der Waals surface area contributed by atoms with Crippen LogP contribution in [-0.4, -0.2) is 37.3 Å². The summed E-state index contributed by atoms with van der Waals surface area (Å²) < 4.78 is 5.09. The van der Waals surface area contributed by atoms with Gasteiger partial charge in [-0.05, 0) is 0 Å². The van der Waals surface area contributed by atoms with E-state index in [1.165, 1.54) is 0 Å². The quantitative estimate of drug-likeness (QED) is 0.347. The molecule has 5 heteroatoms. The van der Waals surface area contributed by atoms with Crippen LogP contribution in [0.2, 0.25) is 0 Å². The van der Waals surface area contributed by atoms with Crippen molar-refractivity contribution in [2.24, 2.45) is 16.6 Å². The summed E-state index contributed by atoms with van der Waals surface area (Å²) in [6.07, 6.45) is 0. The van der Waals surface area contributed by atoms with E-state index >= 15 is 0 Å². The lowest BCUT2D eigenvalue weighted by Crippen LogP contribution is -2.36. The van der Waals surface area contributed by atoms with Crippen LogP contribution >= 0.6 is 0 Å². The van der Waals surface area contributed by atoms with Gasteiger partial charge in [0.05, 0.1) is 26.3 Å². The van der Waals surface area contributed by atoms with Gasteiger partial charge in [0.15, 0.2) is 0 Å². The highest BCUT2D eigenvalue weighted by Gasteiger charge is 2.06. The van der Waals surface area contributed by atoms with Gasteiger partial charge < -0.3 is 16.2 Å². The fourth-order valence-electron chi connectivity index (χ4n) is 0.817.